The molecule has 4 rings (SSSR count). The summed E-state index contributed by atoms with van der Waals surface area (Å²) in [5.74, 6) is 8.94. The maximum absolute atomic E-state index is 6.23. The van der Waals surface area contributed by atoms with E-state index in [0.29, 0.717) is 22.5 Å². The van der Waals surface area contributed by atoms with Crippen molar-refractivity contribution in [2.75, 3.05) is 20.1 Å². The number of ether oxygens (including phenoxy) is 2. The van der Waals surface area contributed by atoms with Gasteiger partial charge in [0.2, 0.25) is 5.16 Å². The van der Waals surface area contributed by atoms with E-state index in [-0.39, 0.29) is 0 Å². The van der Waals surface area contributed by atoms with Crippen LogP contribution in [-0.2, 0) is 5.75 Å². The van der Waals surface area contributed by atoms with Crippen LogP contribution in [0.4, 0.5) is 0 Å². The summed E-state index contributed by atoms with van der Waals surface area (Å²) in [7, 11) is 3.28. The average Bonchev–Trinajstić information content (AvgIpc) is 3.39. The van der Waals surface area contributed by atoms with E-state index in [9.17, 15) is 0 Å². The molecule has 2 heterocycles. The number of thioether (sulfide) groups is 1. The average molecular weight is 426 g/mol. The molecule has 2 N–H and O–H groups in total. The molecule has 0 saturated carbocycles. The van der Waals surface area contributed by atoms with Gasteiger partial charge in [0, 0.05) is 16.7 Å². The van der Waals surface area contributed by atoms with E-state index < -0.39 is 0 Å². The minimum absolute atomic E-state index is 0.556. The van der Waals surface area contributed by atoms with Crippen LogP contribution < -0.4 is 15.3 Å². The topological polar surface area (TPSA) is 88.1 Å². The summed E-state index contributed by atoms with van der Waals surface area (Å²) in [4.78, 5) is 4.72. The maximum atomic E-state index is 6.23. The highest BCUT2D eigenvalue weighted by Crippen LogP contribution is 2.32. The Kier molecular flexibility index (Phi) is 5.68. The van der Waals surface area contributed by atoms with Crippen molar-refractivity contribution in [1.29, 1.82) is 0 Å². The van der Waals surface area contributed by atoms with Crippen molar-refractivity contribution >= 4 is 23.1 Å². The minimum Gasteiger partial charge on any atom is -0.497 e. The number of hydrogen-bond acceptors (Lipinski definition) is 8. The van der Waals surface area contributed by atoms with Crippen LogP contribution in [0.3, 0.4) is 0 Å². The highest BCUT2D eigenvalue weighted by Gasteiger charge is 2.16. The molecule has 7 nitrogen and oxygen atoms in total. The second-order valence-corrected chi connectivity index (χ2v) is 7.84. The maximum Gasteiger partial charge on any atom is 0.210 e. The van der Waals surface area contributed by atoms with Gasteiger partial charge in [-0.1, -0.05) is 36.0 Å². The predicted octanol–water partition coefficient (Wildman–Crippen LogP) is 4.09. The van der Waals surface area contributed by atoms with E-state index in [1.807, 2.05) is 53.9 Å². The molecule has 0 spiro atoms. The Hall–Kier alpha value is -3.04. The molecule has 0 aliphatic heterocycles. The van der Waals surface area contributed by atoms with Crippen LogP contribution in [0.1, 0.15) is 5.69 Å². The molecule has 0 fully saturated rings. The van der Waals surface area contributed by atoms with Crippen molar-refractivity contribution < 1.29 is 9.47 Å². The van der Waals surface area contributed by atoms with Crippen LogP contribution in [-0.4, -0.2) is 34.1 Å². The molecular formula is C20H19N5O2S2. The number of thiazole rings is 1. The number of nitrogens with zero attached hydrogens (tertiary/aromatic N) is 4. The van der Waals surface area contributed by atoms with Crippen LogP contribution in [0.2, 0.25) is 0 Å². The summed E-state index contributed by atoms with van der Waals surface area (Å²) in [6.07, 6.45) is 0. The van der Waals surface area contributed by atoms with E-state index in [0.717, 1.165) is 27.6 Å². The monoisotopic (exact) mass is 425 g/mol. The lowest BCUT2D eigenvalue weighted by Crippen LogP contribution is -2.12. The molecule has 0 unspecified atom stereocenters. The Balaban J connectivity index is 1.49. The van der Waals surface area contributed by atoms with Gasteiger partial charge in [0.05, 0.1) is 25.5 Å². The lowest BCUT2D eigenvalue weighted by Gasteiger charge is -2.07. The van der Waals surface area contributed by atoms with Crippen molar-refractivity contribution in [3.05, 3.63) is 59.6 Å². The summed E-state index contributed by atoms with van der Waals surface area (Å²) in [5.41, 5.74) is 2.79. The summed E-state index contributed by atoms with van der Waals surface area (Å²) in [6, 6.07) is 15.5. The molecule has 0 amide bonds. The number of aromatic nitrogens is 4. The van der Waals surface area contributed by atoms with Crippen LogP contribution in [0.15, 0.2) is 59.1 Å². The van der Waals surface area contributed by atoms with E-state index in [4.69, 9.17) is 20.3 Å². The third kappa shape index (κ3) is 4.06. The van der Waals surface area contributed by atoms with Gasteiger partial charge in [0.15, 0.2) is 5.82 Å². The molecule has 0 aliphatic rings. The SMILES string of the molecule is COc1cccc(-c2nc(CSc3nnc(-c4ccccc4OC)n3N)cs2)c1. The normalized spacial score (nSPS) is 10.8. The van der Waals surface area contributed by atoms with Gasteiger partial charge in [0.25, 0.3) is 0 Å². The molecule has 9 heteroatoms. The quantitative estimate of drug-likeness (QED) is 0.352. The summed E-state index contributed by atoms with van der Waals surface area (Å²) in [6.45, 7) is 0. The van der Waals surface area contributed by atoms with Crippen molar-refractivity contribution in [1.82, 2.24) is 19.9 Å². The molecule has 0 aliphatic carbocycles. The fraction of sp³-hybridized carbons (Fsp3) is 0.150. The Morgan fingerprint density at radius 1 is 1.07 bits per heavy atom. The number of hydrogen-bond donors (Lipinski definition) is 1. The molecule has 0 saturated heterocycles. The molecule has 0 atom stereocenters. The van der Waals surface area contributed by atoms with E-state index >= 15 is 0 Å². The van der Waals surface area contributed by atoms with Crippen molar-refractivity contribution in [2.24, 2.45) is 0 Å². The Morgan fingerprint density at radius 3 is 2.76 bits per heavy atom. The van der Waals surface area contributed by atoms with Gasteiger partial charge in [-0.05, 0) is 24.3 Å². The lowest BCUT2D eigenvalue weighted by molar-refractivity contribution is 0.415. The first-order valence-electron chi connectivity index (χ1n) is 8.75. The first-order valence-corrected chi connectivity index (χ1v) is 10.6. The van der Waals surface area contributed by atoms with Gasteiger partial charge in [0.1, 0.15) is 16.5 Å². The zero-order valence-electron chi connectivity index (χ0n) is 15.9. The Morgan fingerprint density at radius 2 is 1.93 bits per heavy atom. The number of rotatable bonds is 7. The van der Waals surface area contributed by atoms with E-state index in [1.54, 1.807) is 25.6 Å². The molecule has 0 bridgehead atoms. The van der Waals surface area contributed by atoms with Crippen molar-refractivity contribution in [3.63, 3.8) is 0 Å². The van der Waals surface area contributed by atoms with Crippen LogP contribution in [0, 0.1) is 0 Å². The highest BCUT2D eigenvalue weighted by molar-refractivity contribution is 7.98. The Labute approximate surface area is 176 Å². The molecule has 2 aromatic carbocycles. The summed E-state index contributed by atoms with van der Waals surface area (Å²) >= 11 is 3.09. The zero-order valence-corrected chi connectivity index (χ0v) is 17.5. The third-order valence-corrected chi connectivity index (χ3v) is 6.15. The fourth-order valence-electron chi connectivity index (χ4n) is 2.79. The van der Waals surface area contributed by atoms with Gasteiger partial charge < -0.3 is 15.3 Å². The zero-order chi connectivity index (χ0) is 20.2. The first kappa shape index (κ1) is 19.3. The third-order valence-electron chi connectivity index (χ3n) is 4.23. The summed E-state index contributed by atoms with van der Waals surface area (Å²) in [5, 5.41) is 12.1. The van der Waals surface area contributed by atoms with Gasteiger partial charge >= 0.3 is 0 Å². The smallest absolute Gasteiger partial charge is 0.210 e. The van der Waals surface area contributed by atoms with Crippen LogP contribution in [0.25, 0.3) is 22.0 Å². The standard InChI is InChI=1S/C20H19N5O2S2/c1-26-15-7-5-6-13(10-15)19-22-14(11-28-19)12-29-20-24-23-18(25(20)21)16-8-3-4-9-17(16)27-2/h3-11H,12,21H2,1-2H3. The molecule has 148 valence electrons. The second-order valence-electron chi connectivity index (χ2n) is 6.04. The predicted molar refractivity (Wildman–Crippen MR) is 116 cm³/mol. The highest BCUT2D eigenvalue weighted by atomic mass is 32.2. The molecular weight excluding hydrogens is 406 g/mol. The number of para-hydroxylation sites is 1. The van der Waals surface area contributed by atoms with Gasteiger partial charge in [-0.2, -0.15) is 0 Å². The summed E-state index contributed by atoms with van der Waals surface area (Å²) < 4.78 is 12.2. The minimum atomic E-state index is 0.556. The Bertz CT molecular complexity index is 1130. The first-order chi connectivity index (χ1) is 14.2. The molecule has 29 heavy (non-hydrogen) atoms. The van der Waals surface area contributed by atoms with E-state index in [2.05, 4.69) is 10.2 Å². The number of benzene rings is 2. The van der Waals surface area contributed by atoms with Gasteiger partial charge in [-0.3, -0.25) is 0 Å². The van der Waals surface area contributed by atoms with Crippen LogP contribution in [0.5, 0.6) is 11.5 Å². The largest absolute Gasteiger partial charge is 0.497 e. The number of nitrogen functional groups attached to an aromatic ring is 1. The van der Waals surface area contributed by atoms with Gasteiger partial charge in [-0.25, -0.2) is 9.66 Å². The van der Waals surface area contributed by atoms with Crippen molar-refractivity contribution in [3.8, 4) is 33.5 Å². The van der Waals surface area contributed by atoms with Crippen molar-refractivity contribution in [2.45, 2.75) is 10.9 Å². The van der Waals surface area contributed by atoms with E-state index in [1.165, 1.54) is 16.4 Å². The number of methoxy groups -OCH3 is 2. The van der Waals surface area contributed by atoms with Crippen LogP contribution >= 0.6 is 23.1 Å². The number of nitrogens with two attached hydrogens (primary N) is 1. The second kappa shape index (κ2) is 8.54. The van der Waals surface area contributed by atoms with Gasteiger partial charge in [-0.15, -0.1) is 21.5 Å². The molecule has 0 radical (unpaired) electrons. The fourth-order valence-corrected chi connectivity index (χ4v) is 4.46. The molecule has 2 aromatic heterocycles. The molecule has 4 aromatic rings. The lowest BCUT2D eigenvalue weighted by atomic mass is 10.2.